The van der Waals surface area contributed by atoms with E-state index in [1.54, 1.807) is 17.8 Å². The van der Waals surface area contributed by atoms with Crippen molar-refractivity contribution in [1.82, 2.24) is 0 Å². The van der Waals surface area contributed by atoms with Gasteiger partial charge in [0.15, 0.2) is 0 Å². The van der Waals surface area contributed by atoms with Crippen LogP contribution in [0.4, 0.5) is 0 Å². The van der Waals surface area contributed by atoms with E-state index in [-0.39, 0.29) is 10.6 Å². The fraction of sp³-hybridized carbons (Fsp3) is 0.273. The molecule has 0 amide bonds. The average Bonchev–Trinajstić information content (AvgIpc) is 2.25. The van der Waals surface area contributed by atoms with Gasteiger partial charge >= 0.3 is 0 Å². The van der Waals surface area contributed by atoms with E-state index < -0.39 is 0 Å². The molecule has 3 nitrogen and oxygen atoms in total. The van der Waals surface area contributed by atoms with Crippen molar-refractivity contribution < 1.29 is 4.92 Å². The fourth-order valence-electron chi connectivity index (χ4n) is 1.04. The summed E-state index contributed by atoms with van der Waals surface area (Å²) in [6, 6.07) is 10.0. The first-order valence-electron chi connectivity index (χ1n) is 4.69. The van der Waals surface area contributed by atoms with Crippen LogP contribution >= 0.6 is 11.8 Å². The second kappa shape index (κ2) is 6.24. The summed E-state index contributed by atoms with van der Waals surface area (Å²) in [5, 5.41) is 10.3. The number of allylic oxidation sites excluding steroid dienone is 2. The van der Waals surface area contributed by atoms with Gasteiger partial charge in [0.05, 0.1) is 4.92 Å². The van der Waals surface area contributed by atoms with Gasteiger partial charge < -0.3 is 0 Å². The molecule has 0 saturated heterocycles. The minimum atomic E-state index is -0.354. The first kappa shape index (κ1) is 11.8. The molecule has 0 atom stereocenters. The number of nitro groups is 1. The van der Waals surface area contributed by atoms with Gasteiger partial charge in [0, 0.05) is 17.6 Å². The Morgan fingerprint density at radius 3 is 2.73 bits per heavy atom. The number of rotatable bonds is 5. The molecular formula is C11H13NO2S. The number of hydrogen-bond donors (Lipinski definition) is 0. The molecule has 1 aromatic carbocycles. The minimum absolute atomic E-state index is 0.226. The first-order chi connectivity index (χ1) is 7.20. The maximum Gasteiger partial charge on any atom is 0.239 e. The van der Waals surface area contributed by atoms with Gasteiger partial charge in [-0.2, -0.15) is 0 Å². The molecule has 15 heavy (non-hydrogen) atoms. The van der Waals surface area contributed by atoms with Crippen LogP contribution in [0.2, 0.25) is 0 Å². The lowest BCUT2D eigenvalue weighted by Gasteiger charge is -1.97. The zero-order valence-corrected chi connectivity index (χ0v) is 9.37. The molecule has 0 bridgehead atoms. The zero-order chi connectivity index (χ0) is 11.1. The second-order valence-electron chi connectivity index (χ2n) is 3.05. The summed E-state index contributed by atoms with van der Waals surface area (Å²) in [4.78, 5) is 11.1. The van der Waals surface area contributed by atoms with Crippen molar-refractivity contribution in [2.75, 3.05) is 5.75 Å². The van der Waals surface area contributed by atoms with E-state index in [1.165, 1.54) is 11.8 Å². The van der Waals surface area contributed by atoms with Crippen LogP contribution in [-0.4, -0.2) is 10.7 Å². The van der Waals surface area contributed by atoms with Crippen molar-refractivity contribution >= 4 is 11.8 Å². The van der Waals surface area contributed by atoms with E-state index in [4.69, 9.17) is 0 Å². The first-order valence-corrected chi connectivity index (χ1v) is 5.67. The van der Waals surface area contributed by atoms with Crippen LogP contribution in [0.25, 0.3) is 0 Å². The molecule has 0 heterocycles. The van der Waals surface area contributed by atoms with Gasteiger partial charge in [0.25, 0.3) is 0 Å². The third-order valence-electron chi connectivity index (χ3n) is 1.86. The summed E-state index contributed by atoms with van der Waals surface area (Å²) < 4.78 is 0. The Hall–Kier alpha value is -1.29. The zero-order valence-electron chi connectivity index (χ0n) is 8.55. The maximum atomic E-state index is 10.3. The molecule has 1 rings (SSSR count). The molecule has 0 aliphatic rings. The molecule has 0 aliphatic carbocycles. The quantitative estimate of drug-likeness (QED) is 0.333. The highest BCUT2D eigenvalue weighted by Gasteiger charge is 1.99. The van der Waals surface area contributed by atoms with E-state index in [9.17, 15) is 10.1 Å². The molecule has 4 heteroatoms. The normalized spacial score (nSPS) is 11.4. The summed E-state index contributed by atoms with van der Waals surface area (Å²) in [5.74, 6) is 0.870. The summed E-state index contributed by atoms with van der Waals surface area (Å²) in [7, 11) is 0. The fourth-order valence-corrected chi connectivity index (χ4v) is 1.86. The molecule has 0 radical (unpaired) electrons. The molecule has 0 saturated carbocycles. The van der Waals surface area contributed by atoms with E-state index in [1.807, 2.05) is 30.3 Å². The lowest BCUT2D eigenvalue weighted by molar-refractivity contribution is -0.424. The Labute approximate surface area is 93.3 Å². The van der Waals surface area contributed by atoms with Crippen LogP contribution in [0.5, 0.6) is 0 Å². The molecule has 0 fully saturated rings. The van der Waals surface area contributed by atoms with E-state index in [0.29, 0.717) is 0 Å². The predicted molar refractivity (Wildman–Crippen MR) is 62.5 cm³/mol. The highest BCUT2D eigenvalue weighted by Crippen LogP contribution is 2.18. The molecule has 0 unspecified atom stereocenters. The number of nitrogens with zero attached hydrogens (tertiary/aromatic N) is 1. The Balaban J connectivity index is 2.29. The monoisotopic (exact) mass is 223 g/mol. The van der Waals surface area contributed by atoms with Crippen LogP contribution in [0.3, 0.4) is 0 Å². The Morgan fingerprint density at radius 2 is 2.13 bits per heavy atom. The highest BCUT2D eigenvalue weighted by atomic mass is 32.2. The van der Waals surface area contributed by atoms with Gasteiger partial charge in [0.2, 0.25) is 5.70 Å². The summed E-state index contributed by atoms with van der Waals surface area (Å²) in [6.45, 7) is 1.52. The average molecular weight is 223 g/mol. The standard InChI is InChI=1S/C11H13NO2S/c1-10(12(13)14)6-5-9-15-11-7-3-2-4-8-11/h2-4,6-8H,5,9H2,1H3. The van der Waals surface area contributed by atoms with Crippen LogP contribution < -0.4 is 0 Å². The lowest BCUT2D eigenvalue weighted by atomic mass is 10.4. The van der Waals surface area contributed by atoms with Gasteiger partial charge in [-0.1, -0.05) is 18.2 Å². The SMILES string of the molecule is CC(=CCCSc1ccccc1)[N+](=O)[O-]. The lowest BCUT2D eigenvalue weighted by Crippen LogP contribution is -1.93. The molecule has 0 aromatic heterocycles. The molecule has 0 N–H and O–H groups in total. The highest BCUT2D eigenvalue weighted by molar-refractivity contribution is 7.99. The number of hydrogen-bond acceptors (Lipinski definition) is 3. The van der Waals surface area contributed by atoms with Crippen molar-refractivity contribution in [3.05, 3.63) is 52.2 Å². The van der Waals surface area contributed by atoms with Crippen molar-refractivity contribution in [3.8, 4) is 0 Å². The smallest absolute Gasteiger partial charge is 0.239 e. The summed E-state index contributed by atoms with van der Waals surface area (Å²) in [5.41, 5.74) is 0.226. The minimum Gasteiger partial charge on any atom is -0.259 e. The van der Waals surface area contributed by atoms with E-state index in [2.05, 4.69) is 0 Å². The van der Waals surface area contributed by atoms with Crippen LogP contribution in [0.15, 0.2) is 47.0 Å². The Morgan fingerprint density at radius 1 is 1.47 bits per heavy atom. The third-order valence-corrected chi connectivity index (χ3v) is 2.90. The van der Waals surface area contributed by atoms with Gasteiger partial charge in [-0.05, 0) is 24.6 Å². The number of benzene rings is 1. The maximum absolute atomic E-state index is 10.3. The molecular weight excluding hydrogens is 210 g/mol. The van der Waals surface area contributed by atoms with Gasteiger partial charge in [0.1, 0.15) is 0 Å². The van der Waals surface area contributed by atoms with Crippen molar-refractivity contribution in [1.29, 1.82) is 0 Å². The van der Waals surface area contributed by atoms with Crippen LogP contribution in [0.1, 0.15) is 13.3 Å². The van der Waals surface area contributed by atoms with Crippen molar-refractivity contribution in [2.45, 2.75) is 18.2 Å². The number of thioether (sulfide) groups is 1. The second-order valence-corrected chi connectivity index (χ2v) is 4.22. The van der Waals surface area contributed by atoms with Crippen LogP contribution in [0, 0.1) is 10.1 Å². The topological polar surface area (TPSA) is 43.1 Å². The van der Waals surface area contributed by atoms with E-state index in [0.717, 1.165) is 12.2 Å². The van der Waals surface area contributed by atoms with Gasteiger partial charge in [-0.3, -0.25) is 10.1 Å². The molecule has 80 valence electrons. The summed E-state index contributed by atoms with van der Waals surface area (Å²) >= 11 is 1.71. The van der Waals surface area contributed by atoms with Gasteiger partial charge in [-0.15, -0.1) is 11.8 Å². The van der Waals surface area contributed by atoms with Crippen molar-refractivity contribution in [2.24, 2.45) is 0 Å². The Bertz CT molecular complexity index is 349. The largest absolute Gasteiger partial charge is 0.259 e. The molecule has 0 spiro atoms. The Kier molecular flexibility index (Phi) is 4.90. The predicted octanol–water partition coefficient (Wildman–Crippen LogP) is 3.35. The molecule has 1 aromatic rings. The third kappa shape index (κ3) is 4.65. The van der Waals surface area contributed by atoms with Crippen LogP contribution in [-0.2, 0) is 0 Å². The summed E-state index contributed by atoms with van der Waals surface area (Å²) in [6.07, 6.45) is 2.39. The van der Waals surface area contributed by atoms with Gasteiger partial charge in [-0.25, -0.2) is 0 Å². The molecule has 0 aliphatic heterocycles. The van der Waals surface area contributed by atoms with E-state index >= 15 is 0 Å². The van der Waals surface area contributed by atoms with Crippen molar-refractivity contribution in [3.63, 3.8) is 0 Å².